The third kappa shape index (κ3) is 5.07. The average molecular weight is 412 g/mol. The van der Waals surface area contributed by atoms with Gasteiger partial charge in [0.25, 0.3) is 0 Å². The minimum Gasteiger partial charge on any atom is -0.496 e. The van der Waals surface area contributed by atoms with E-state index < -0.39 is 6.03 Å². The van der Waals surface area contributed by atoms with Gasteiger partial charge in [0.15, 0.2) is 0 Å². The van der Waals surface area contributed by atoms with Crippen LogP contribution in [-0.4, -0.2) is 38.5 Å². The van der Waals surface area contributed by atoms with Crippen molar-refractivity contribution >= 4 is 23.5 Å². The smallest absolute Gasteiger partial charge is 0.352 e. The molecular formula is C21H28N6O3. The molecule has 2 rings (SSSR count). The van der Waals surface area contributed by atoms with Crippen molar-refractivity contribution in [2.24, 2.45) is 22.4 Å². The number of hydrazine groups is 2. The lowest BCUT2D eigenvalue weighted by atomic mass is 10.0. The second kappa shape index (κ2) is 10.3. The molecule has 0 unspecified atom stereocenters. The third-order valence-corrected chi connectivity index (χ3v) is 4.42. The lowest BCUT2D eigenvalue weighted by Crippen LogP contribution is -2.49. The van der Waals surface area contributed by atoms with Gasteiger partial charge in [-0.25, -0.2) is 21.5 Å². The number of nitrogens with two attached hydrogens (primary N) is 3. The lowest BCUT2D eigenvalue weighted by Gasteiger charge is -2.24. The number of hydrogen-bond acceptors (Lipinski definition) is 7. The van der Waals surface area contributed by atoms with E-state index in [-0.39, 0.29) is 6.61 Å². The first-order valence-electron chi connectivity index (χ1n) is 9.15. The number of aliphatic imine (C=N–C) groups is 1. The number of amides is 2. The zero-order valence-corrected chi connectivity index (χ0v) is 17.6. The van der Waals surface area contributed by atoms with Crippen molar-refractivity contribution in [1.29, 1.82) is 0 Å². The molecule has 0 heterocycles. The molecule has 0 spiro atoms. The molecule has 0 aliphatic heterocycles. The van der Waals surface area contributed by atoms with E-state index in [0.717, 1.165) is 26.7 Å². The number of rotatable bonds is 7. The van der Waals surface area contributed by atoms with Crippen molar-refractivity contribution in [1.82, 2.24) is 5.01 Å². The van der Waals surface area contributed by atoms with Crippen molar-refractivity contribution < 1.29 is 14.3 Å². The number of anilines is 1. The van der Waals surface area contributed by atoms with Crippen LogP contribution in [0.15, 0.2) is 47.6 Å². The monoisotopic (exact) mass is 412 g/mol. The maximum atomic E-state index is 12.2. The highest BCUT2D eigenvalue weighted by atomic mass is 16.5. The van der Waals surface area contributed by atoms with E-state index in [4.69, 9.17) is 26.9 Å². The SMILES string of the molecule is CN=CC(=CN)c1ccc(OCc2c(OC)cccc2N(N)C(=O)N(C)N)c(C)c1. The molecule has 0 atom stereocenters. The van der Waals surface area contributed by atoms with Crippen LogP contribution in [0.1, 0.15) is 16.7 Å². The number of ether oxygens (including phenoxy) is 2. The van der Waals surface area contributed by atoms with Crippen LogP contribution in [0.25, 0.3) is 5.57 Å². The topological polar surface area (TPSA) is 132 Å². The second-order valence-corrected chi connectivity index (χ2v) is 6.50. The molecule has 2 aromatic rings. The van der Waals surface area contributed by atoms with Crippen molar-refractivity contribution in [3.63, 3.8) is 0 Å². The summed E-state index contributed by atoms with van der Waals surface area (Å²) >= 11 is 0. The molecule has 2 amide bonds. The van der Waals surface area contributed by atoms with Crippen molar-refractivity contribution in [3.8, 4) is 11.5 Å². The Morgan fingerprint density at radius 2 is 1.93 bits per heavy atom. The lowest BCUT2D eigenvalue weighted by molar-refractivity contribution is 0.216. The predicted molar refractivity (Wildman–Crippen MR) is 119 cm³/mol. The van der Waals surface area contributed by atoms with Gasteiger partial charge in [0, 0.05) is 32.1 Å². The van der Waals surface area contributed by atoms with Crippen LogP contribution in [0.3, 0.4) is 0 Å². The van der Waals surface area contributed by atoms with Gasteiger partial charge in [0.05, 0.1) is 18.4 Å². The van der Waals surface area contributed by atoms with Gasteiger partial charge in [-0.2, -0.15) is 0 Å². The summed E-state index contributed by atoms with van der Waals surface area (Å²) in [4.78, 5) is 16.2. The highest BCUT2D eigenvalue weighted by Crippen LogP contribution is 2.31. The van der Waals surface area contributed by atoms with Crippen LogP contribution in [0, 0.1) is 6.92 Å². The summed E-state index contributed by atoms with van der Waals surface area (Å²) in [7, 11) is 4.64. The fourth-order valence-corrected chi connectivity index (χ4v) is 2.88. The van der Waals surface area contributed by atoms with E-state index in [2.05, 4.69) is 4.99 Å². The van der Waals surface area contributed by atoms with E-state index in [0.29, 0.717) is 22.7 Å². The second-order valence-electron chi connectivity index (χ2n) is 6.50. The summed E-state index contributed by atoms with van der Waals surface area (Å²) in [6.45, 7) is 2.06. The molecule has 0 aliphatic rings. The Kier molecular flexibility index (Phi) is 7.79. The standard InChI is InChI=1S/C21H28N6O3/c1-14-10-15(16(11-22)12-25-2)8-9-19(14)30-13-17-18(6-5-7-20(17)29-4)27(24)21(28)26(3)23/h5-12H,13,22-24H2,1-4H3. The highest BCUT2D eigenvalue weighted by molar-refractivity contribution is 6.09. The first kappa shape index (κ1) is 22.7. The van der Waals surface area contributed by atoms with Crippen molar-refractivity contribution in [3.05, 3.63) is 59.3 Å². The zero-order valence-electron chi connectivity index (χ0n) is 17.6. The predicted octanol–water partition coefficient (Wildman–Crippen LogP) is 2.19. The van der Waals surface area contributed by atoms with Gasteiger partial charge < -0.3 is 15.2 Å². The summed E-state index contributed by atoms with van der Waals surface area (Å²) in [6.07, 6.45) is 3.20. The van der Waals surface area contributed by atoms with Crippen LogP contribution in [-0.2, 0) is 6.61 Å². The minimum atomic E-state index is -0.580. The quantitative estimate of drug-likeness (QED) is 0.276. The van der Waals surface area contributed by atoms with Gasteiger partial charge >= 0.3 is 6.03 Å². The van der Waals surface area contributed by atoms with Crippen LogP contribution in [0.4, 0.5) is 10.5 Å². The van der Waals surface area contributed by atoms with Crippen molar-refractivity contribution in [2.45, 2.75) is 13.5 Å². The summed E-state index contributed by atoms with van der Waals surface area (Å²) in [5.74, 6) is 12.7. The van der Waals surface area contributed by atoms with Gasteiger partial charge in [-0.3, -0.25) is 10.0 Å². The molecule has 30 heavy (non-hydrogen) atoms. The summed E-state index contributed by atoms with van der Waals surface area (Å²) in [6, 6.07) is 10.3. The molecule has 9 heteroatoms. The molecule has 0 fully saturated rings. The maximum absolute atomic E-state index is 12.2. The molecular weight excluding hydrogens is 384 g/mol. The van der Waals surface area contributed by atoms with Gasteiger partial charge in [0.2, 0.25) is 0 Å². The average Bonchev–Trinajstić information content (AvgIpc) is 2.75. The van der Waals surface area contributed by atoms with Crippen LogP contribution >= 0.6 is 0 Å². The van der Waals surface area contributed by atoms with E-state index in [1.165, 1.54) is 20.4 Å². The first-order valence-corrected chi connectivity index (χ1v) is 9.15. The van der Waals surface area contributed by atoms with Gasteiger partial charge in [-0.05, 0) is 42.3 Å². The Balaban J connectivity index is 2.32. The molecule has 9 nitrogen and oxygen atoms in total. The Bertz CT molecular complexity index is 956. The van der Waals surface area contributed by atoms with Gasteiger partial charge in [0.1, 0.15) is 18.1 Å². The fourth-order valence-electron chi connectivity index (χ4n) is 2.88. The van der Waals surface area contributed by atoms with Gasteiger partial charge in [-0.15, -0.1) is 0 Å². The van der Waals surface area contributed by atoms with Gasteiger partial charge in [-0.1, -0.05) is 12.1 Å². The molecule has 160 valence electrons. The van der Waals surface area contributed by atoms with Crippen LogP contribution in [0.5, 0.6) is 11.5 Å². The van der Waals surface area contributed by atoms with E-state index in [1.807, 2.05) is 25.1 Å². The number of urea groups is 1. The largest absolute Gasteiger partial charge is 0.496 e. The summed E-state index contributed by atoms with van der Waals surface area (Å²) in [5, 5.41) is 1.86. The number of methoxy groups -OCH3 is 1. The fraction of sp³-hybridized carbons (Fsp3) is 0.238. The number of carbonyl (C=O) groups excluding carboxylic acids is 1. The third-order valence-electron chi connectivity index (χ3n) is 4.42. The molecule has 0 bridgehead atoms. The normalized spacial score (nSPS) is 11.5. The van der Waals surface area contributed by atoms with E-state index >= 15 is 0 Å². The first-order chi connectivity index (χ1) is 14.3. The zero-order chi connectivity index (χ0) is 22.3. The van der Waals surface area contributed by atoms with Crippen LogP contribution in [0.2, 0.25) is 0 Å². The Morgan fingerprint density at radius 3 is 2.50 bits per heavy atom. The molecule has 0 radical (unpaired) electrons. The molecule has 0 aliphatic carbocycles. The maximum Gasteiger partial charge on any atom is 0.352 e. The van der Waals surface area contributed by atoms with E-state index in [1.54, 1.807) is 31.5 Å². The summed E-state index contributed by atoms with van der Waals surface area (Å²) < 4.78 is 11.5. The Labute approximate surface area is 176 Å². The minimum absolute atomic E-state index is 0.130. The van der Waals surface area contributed by atoms with E-state index in [9.17, 15) is 4.79 Å². The number of allylic oxidation sites excluding steroid dienone is 1. The number of benzene rings is 2. The molecule has 0 aromatic heterocycles. The Hall–Kier alpha value is -3.56. The molecule has 2 aromatic carbocycles. The number of carbonyl (C=O) groups is 1. The molecule has 0 saturated carbocycles. The summed E-state index contributed by atoms with van der Waals surface area (Å²) in [5.41, 5.74) is 9.37. The van der Waals surface area contributed by atoms with Crippen LogP contribution < -0.4 is 31.9 Å². The molecule has 0 saturated heterocycles. The number of aryl methyl sites for hydroxylation is 1. The van der Waals surface area contributed by atoms with Crippen molar-refractivity contribution in [2.75, 3.05) is 26.2 Å². The Morgan fingerprint density at radius 1 is 1.20 bits per heavy atom. The number of hydrogen-bond donors (Lipinski definition) is 3. The molecule has 6 N–H and O–H groups in total. The highest BCUT2D eigenvalue weighted by Gasteiger charge is 2.20. The number of nitrogens with zero attached hydrogens (tertiary/aromatic N) is 3.